The van der Waals surface area contributed by atoms with Crippen molar-refractivity contribution in [3.63, 3.8) is 0 Å². The number of hydrogen-bond donors (Lipinski definition) is 1. The van der Waals surface area contributed by atoms with Crippen LogP contribution in [0, 0.1) is 13.8 Å². The summed E-state index contributed by atoms with van der Waals surface area (Å²) in [5.41, 5.74) is 12.9. The predicted molar refractivity (Wildman–Crippen MR) is 206 cm³/mol. The first-order chi connectivity index (χ1) is 24.5. The summed E-state index contributed by atoms with van der Waals surface area (Å²) in [5, 5.41) is 22.4. The summed E-state index contributed by atoms with van der Waals surface area (Å²) in [7, 11) is 0. The van der Waals surface area contributed by atoms with E-state index in [9.17, 15) is 5.11 Å². The van der Waals surface area contributed by atoms with Crippen molar-refractivity contribution in [1.29, 1.82) is 0 Å². The van der Waals surface area contributed by atoms with Crippen LogP contribution in [-0.2, 0) is 0 Å². The van der Waals surface area contributed by atoms with Gasteiger partial charge in [0.05, 0.1) is 0 Å². The zero-order valence-corrected chi connectivity index (χ0v) is 29.0. The smallest absolute Gasteiger partial charge is 0.219 e. The molecule has 6 aromatic carbocycles. The molecule has 0 bridgehead atoms. The molecule has 0 saturated carbocycles. The Balaban J connectivity index is 0.000000808. The Kier molecular flexibility index (Phi) is 11.0. The van der Waals surface area contributed by atoms with Crippen LogP contribution in [0.1, 0.15) is 30.9 Å². The molecule has 0 aliphatic carbocycles. The molecule has 0 spiro atoms. The van der Waals surface area contributed by atoms with E-state index in [1.807, 2.05) is 42.5 Å². The molecular weight excluding hydrogens is 611 g/mol. The Bertz CT molecular complexity index is 2040. The highest BCUT2D eigenvalue weighted by Crippen LogP contribution is 2.39. The number of nitrogens with zero attached hydrogens (tertiary/aromatic N) is 1. The second-order valence-corrected chi connectivity index (χ2v) is 12.6. The van der Waals surface area contributed by atoms with Crippen LogP contribution < -0.4 is 9.67 Å². The average Bonchev–Trinajstić information content (AvgIpc) is 3.16. The minimum Gasteiger partial charge on any atom is -0.872 e. The van der Waals surface area contributed by atoms with E-state index in [1.165, 1.54) is 0 Å². The SMILES string of the molecule is CCCCO.Cc1cccc(-c2cc(-[n+]3c(-c4ccccc4)cc(-c4ccccc4)cc3-c3ccccc3)cc(-c3cccc(C)c3)c2[O-])c1. The summed E-state index contributed by atoms with van der Waals surface area (Å²) >= 11 is 0. The van der Waals surface area contributed by atoms with Crippen molar-refractivity contribution in [2.75, 3.05) is 6.61 Å². The van der Waals surface area contributed by atoms with Gasteiger partial charge in [-0.2, -0.15) is 4.57 Å². The monoisotopic (exact) mass is 653 g/mol. The van der Waals surface area contributed by atoms with Crippen molar-refractivity contribution in [3.8, 4) is 67.3 Å². The van der Waals surface area contributed by atoms with Crippen molar-refractivity contribution >= 4 is 0 Å². The molecule has 3 heteroatoms. The standard InChI is InChI=1S/C43H33NO.C4H10O/c1-30-14-12-22-35(24-30)39-28-38(29-40(43(39)45)36-23-13-15-31(2)25-36)44-41(33-18-8-4-9-19-33)26-37(32-16-6-3-7-17-32)27-42(44)34-20-10-5-11-21-34;1-2-3-4-5/h3-29H,1-2H3;5H,2-4H2,1H3. The fraction of sp³-hybridized carbons (Fsp3) is 0.128. The zero-order valence-electron chi connectivity index (χ0n) is 29.0. The van der Waals surface area contributed by atoms with E-state index >= 15 is 0 Å². The normalized spacial score (nSPS) is 10.7. The number of rotatable bonds is 8. The summed E-state index contributed by atoms with van der Waals surface area (Å²) < 4.78 is 2.31. The highest BCUT2D eigenvalue weighted by atomic mass is 16.3. The second-order valence-electron chi connectivity index (χ2n) is 12.6. The van der Waals surface area contributed by atoms with Crippen LogP contribution >= 0.6 is 0 Å². The van der Waals surface area contributed by atoms with Crippen LogP contribution in [0.15, 0.2) is 164 Å². The van der Waals surface area contributed by atoms with Crippen LogP contribution in [0.5, 0.6) is 5.75 Å². The molecule has 1 aromatic heterocycles. The molecule has 3 nitrogen and oxygen atoms in total. The summed E-state index contributed by atoms with van der Waals surface area (Å²) in [6.45, 7) is 6.53. The Morgan fingerprint density at radius 1 is 0.480 bits per heavy atom. The lowest BCUT2D eigenvalue weighted by atomic mass is 9.93. The first-order valence-corrected chi connectivity index (χ1v) is 17.3. The second kappa shape index (κ2) is 16.1. The molecule has 0 fully saturated rings. The molecule has 7 rings (SSSR count). The van der Waals surface area contributed by atoms with E-state index in [4.69, 9.17) is 5.11 Å². The van der Waals surface area contributed by atoms with E-state index in [2.05, 4.69) is 147 Å². The lowest BCUT2D eigenvalue weighted by molar-refractivity contribution is -0.572. The van der Waals surface area contributed by atoms with Gasteiger partial charge < -0.3 is 10.2 Å². The van der Waals surface area contributed by atoms with Crippen molar-refractivity contribution in [3.05, 3.63) is 175 Å². The summed E-state index contributed by atoms with van der Waals surface area (Å²) in [5.74, 6) is 0.0268. The fourth-order valence-corrected chi connectivity index (χ4v) is 6.27. The minimum atomic E-state index is 0.0268. The molecule has 0 aliphatic heterocycles. The van der Waals surface area contributed by atoms with Gasteiger partial charge in [-0.25, -0.2) is 0 Å². The Labute approximate surface area is 296 Å². The maximum Gasteiger partial charge on any atom is 0.219 e. The minimum absolute atomic E-state index is 0.0268. The molecule has 0 amide bonds. The lowest BCUT2D eigenvalue weighted by Gasteiger charge is -2.21. The summed E-state index contributed by atoms with van der Waals surface area (Å²) in [6, 6.07) is 56.6. The van der Waals surface area contributed by atoms with Gasteiger partial charge in [0.2, 0.25) is 17.1 Å². The third-order valence-corrected chi connectivity index (χ3v) is 8.81. The fourth-order valence-electron chi connectivity index (χ4n) is 6.27. The molecule has 0 aliphatic rings. The van der Waals surface area contributed by atoms with Gasteiger partial charge in [0.15, 0.2) is 0 Å². The third-order valence-electron chi connectivity index (χ3n) is 8.81. The van der Waals surface area contributed by atoms with Crippen LogP contribution in [0.2, 0.25) is 0 Å². The first-order valence-electron chi connectivity index (χ1n) is 17.3. The molecule has 7 aromatic rings. The number of aliphatic hydroxyl groups is 1. The molecule has 0 atom stereocenters. The Morgan fingerprint density at radius 2 is 0.900 bits per heavy atom. The van der Waals surface area contributed by atoms with Gasteiger partial charge in [-0.1, -0.05) is 145 Å². The third kappa shape index (κ3) is 7.75. The van der Waals surface area contributed by atoms with Gasteiger partial charge in [0.25, 0.3) is 0 Å². The van der Waals surface area contributed by atoms with Gasteiger partial charge >= 0.3 is 0 Å². The van der Waals surface area contributed by atoms with Gasteiger partial charge in [-0.05, 0) is 77.9 Å². The van der Waals surface area contributed by atoms with Crippen LogP contribution in [-0.4, -0.2) is 11.7 Å². The van der Waals surface area contributed by atoms with Crippen molar-refractivity contribution in [1.82, 2.24) is 0 Å². The van der Waals surface area contributed by atoms with Crippen LogP contribution in [0.4, 0.5) is 0 Å². The number of aliphatic hydroxyl groups excluding tert-OH is 1. The largest absolute Gasteiger partial charge is 0.872 e. The van der Waals surface area contributed by atoms with E-state index in [0.717, 1.165) is 74.4 Å². The molecular formula is C47H43NO2. The maximum absolute atomic E-state index is 14.3. The Hall–Kier alpha value is -5.77. The van der Waals surface area contributed by atoms with Gasteiger partial charge in [-0.3, -0.25) is 0 Å². The molecule has 0 unspecified atom stereocenters. The highest BCUT2D eigenvalue weighted by molar-refractivity contribution is 5.84. The first kappa shape index (κ1) is 34.1. The van der Waals surface area contributed by atoms with Crippen molar-refractivity contribution in [2.24, 2.45) is 0 Å². The molecule has 1 heterocycles. The van der Waals surface area contributed by atoms with E-state index < -0.39 is 0 Å². The molecule has 0 saturated heterocycles. The highest BCUT2D eigenvalue weighted by Gasteiger charge is 2.26. The average molecular weight is 654 g/mol. The van der Waals surface area contributed by atoms with Crippen LogP contribution in [0.3, 0.4) is 0 Å². The molecule has 0 radical (unpaired) electrons. The lowest BCUT2D eigenvalue weighted by Crippen LogP contribution is -2.36. The number of benzene rings is 6. The summed E-state index contributed by atoms with van der Waals surface area (Å²) in [6.07, 6.45) is 2.04. The van der Waals surface area contributed by atoms with E-state index in [0.29, 0.717) is 17.7 Å². The van der Waals surface area contributed by atoms with Gasteiger partial charge in [0, 0.05) is 42.0 Å². The maximum atomic E-state index is 14.3. The molecule has 248 valence electrons. The van der Waals surface area contributed by atoms with E-state index in [1.54, 1.807) is 0 Å². The predicted octanol–water partition coefficient (Wildman–Crippen LogP) is 10.8. The number of unbranched alkanes of at least 4 members (excludes halogenated alkanes) is 1. The molecule has 50 heavy (non-hydrogen) atoms. The topological polar surface area (TPSA) is 47.2 Å². The van der Waals surface area contributed by atoms with Gasteiger partial charge in [-0.15, -0.1) is 0 Å². The van der Waals surface area contributed by atoms with Crippen molar-refractivity contribution < 1.29 is 14.8 Å². The Morgan fingerprint density at radius 3 is 1.28 bits per heavy atom. The van der Waals surface area contributed by atoms with E-state index in [-0.39, 0.29) is 5.75 Å². The number of pyridine rings is 1. The van der Waals surface area contributed by atoms with Gasteiger partial charge in [0.1, 0.15) is 0 Å². The number of hydrogen-bond acceptors (Lipinski definition) is 2. The van der Waals surface area contributed by atoms with Crippen molar-refractivity contribution in [2.45, 2.75) is 33.6 Å². The molecule has 1 N–H and O–H groups in total. The quantitative estimate of drug-likeness (QED) is 0.166. The number of aryl methyl sites for hydroxylation is 2. The zero-order chi connectivity index (χ0) is 34.9. The summed E-state index contributed by atoms with van der Waals surface area (Å²) in [4.78, 5) is 0. The van der Waals surface area contributed by atoms with Crippen LogP contribution in [0.25, 0.3) is 61.6 Å². The number of aromatic nitrogens is 1.